The molecule has 1 aliphatic rings. The number of alkyl halides is 1. The highest BCUT2D eigenvalue weighted by atomic mass is 35.5. The normalized spacial score (nSPS) is 17.9. The second-order valence-electron chi connectivity index (χ2n) is 5.72. The quantitative estimate of drug-likeness (QED) is 0.740. The Morgan fingerprint density at radius 2 is 1.87 bits per heavy atom. The molecule has 130 valence electrons. The summed E-state index contributed by atoms with van der Waals surface area (Å²) in [6.45, 7) is 3.19. The first-order valence-electron chi connectivity index (χ1n) is 7.55. The smallest absolute Gasteiger partial charge is 0.225 e. The summed E-state index contributed by atoms with van der Waals surface area (Å²) in [6.07, 6.45) is 0. The lowest BCUT2D eigenvalue weighted by molar-refractivity contribution is 0.0172. The molecule has 0 bridgehead atoms. The zero-order valence-electron chi connectivity index (χ0n) is 13.5. The lowest BCUT2D eigenvalue weighted by atomic mass is 10.0. The van der Waals surface area contributed by atoms with Crippen molar-refractivity contribution in [3.8, 4) is 0 Å². The van der Waals surface area contributed by atoms with E-state index in [1.165, 1.54) is 0 Å². The monoisotopic (exact) mass is 361 g/mol. The van der Waals surface area contributed by atoms with Crippen LogP contribution in [0.15, 0.2) is 24.3 Å². The zero-order valence-corrected chi connectivity index (χ0v) is 15.1. The summed E-state index contributed by atoms with van der Waals surface area (Å²) in [7, 11) is 0.545. The highest BCUT2D eigenvalue weighted by molar-refractivity contribution is 7.90. The molecule has 1 N–H and O–H groups in total. The van der Waals surface area contributed by atoms with Crippen LogP contribution in [0.4, 0.5) is 5.69 Å². The van der Waals surface area contributed by atoms with Gasteiger partial charge in [-0.1, -0.05) is 12.1 Å². The van der Waals surface area contributed by atoms with Gasteiger partial charge in [-0.25, -0.2) is 13.1 Å². The first-order valence-corrected chi connectivity index (χ1v) is 9.74. The van der Waals surface area contributed by atoms with Gasteiger partial charge in [-0.05, 0) is 17.7 Å². The Morgan fingerprint density at radius 1 is 1.26 bits per heavy atom. The van der Waals surface area contributed by atoms with E-state index < -0.39 is 15.2 Å². The van der Waals surface area contributed by atoms with Crippen LogP contribution in [0.3, 0.4) is 0 Å². The van der Waals surface area contributed by atoms with Gasteiger partial charge in [-0.15, -0.1) is 11.6 Å². The van der Waals surface area contributed by atoms with Crippen molar-refractivity contribution in [3.63, 3.8) is 0 Å². The lowest BCUT2D eigenvalue weighted by Crippen LogP contribution is -2.43. The number of sulfonamides is 1. The van der Waals surface area contributed by atoms with E-state index in [4.69, 9.17) is 16.3 Å². The fraction of sp³-hybridized carbons (Fsp3) is 0.600. The molecule has 1 aromatic carbocycles. The minimum atomic E-state index is -3.43. The minimum absolute atomic E-state index is 0.0342. The van der Waals surface area contributed by atoms with Crippen LogP contribution in [0.5, 0.6) is 0 Å². The number of hydrogen-bond acceptors (Lipinski definition) is 5. The molecule has 0 radical (unpaired) electrons. The summed E-state index contributed by atoms with van der Waals surface area (Å²) in [4.78, 5) is 4.27. The summed E-state index contributed by atoms with van der Waals surface area (Å²) in [5, 5.41) is -0.428. The number of ether oxygens (including phenoxy) is 1. The molecule has 1 atom stereocenters. The second kappa shape index (κ2) is 8.30. The van der Waals surface area contributed by atoms with Crippen LogP contribution in [-0.2, 0) is 14.8 Å². The molecule has 1 unspecified atom stereocenters. The number of nitrogens with zero attached hydrogens (tertiary/aromatic N) is 2. The van der Waals surface area contributed by atoms with Crippen LogP contribution in [0, 0.1) is 0 Å². The Kier molecular flexibility index (Phi) is 6.67. The molecule has 23 heavy (non-hydrogen) atoms. The highest BCUT2D eigenvalue weighted by Crippen LogP contribution is 2.24. The van der Waals surface area contributed by atoms with Gasteiger partial charge < -0.3 is 9.64 Å². The number of morpholine rings is 1. The molecule has 1 heterocycles. The molecule has 0 amide bonds. The Bertz CT molecular complexity index is 586. The summed E-state index contributed by atoms with van der Waals surface area (Å²) >= 11 is 5.47. The van der Waals surface area contributed by atoms with E-state index >= 15 is 0 Å². The molecule has 1 fully saturated rings. The van der Waals surface area contributed by atoms with Gasteiger partial charge >= 0.3 is 0 Å². The molecule has 6 nitrogen and oxygen atoms in total. The zero-order chi connectivity index (χ0) is 16.9. The van der Waals surface area contributed by atoms with Crippen LogP contribution in [-0.4, -0.2) is 65.5 Å². The van der Waals surface area contributed by atoms with E-state index in [1.807, 2.05) is 43.3 Å². The van der Waals surface area contributed by atoms with Crippen molar-refractivity contribution in [1.82, 2.24) is 9.62 Å². The maximum Gasteiger partial charge on any atom is 0.225 e. The van der Waals surface area contributed by atoms with E-state index in [0.717, 1.165) is 24.3 Å². The van der Waals surface area contributed by atoms with E-state index in [9.17, 15) is 8.42 Å². The van der Waals surface area contributed by atoms with Gasteiger partial charge in [0.05, 0.1) is 13.2 Å². The first-order chi connectivity index (χ1) is 10.9. The van der Waals surface area contributed by atoms with Gasteiger partial charge in [-0.2, -0.15) is 0 Å². The highest BCUT2D eigenvalue weighted by Gasteiger charge is 2.24. The number of hydrogen-bond donors (Lipinski definition) is 1. The third kappa shape index (κ3) is 5.32. The standard InChI is InChI=1S/C15H24ClN3O3S/c1-18(2)14-5-3-13(4-6-14)15(11-17-23(20,21)12-16)19-7-9-22-10-8-19/h3-6,15,17H,7-12H2,1-2H3. The number of halogens is 1. The van der Waals surface area contributed by atoms with Crippen LogP contribution in [0.25, 0.3) is 0 Å². The molecular formula is C15H24ClN3O3S. The van der Waals surface area contributed by atoms with Crippen molar-refractivity contribution in [2.75, 3.05) is 57.1 Å². The Balaban J connectivity index is 2.17. The van der Waals surface area contributed by atoms with Gasteiger partial charge in [-0.3, -0.25) is 4.90 Å². The molecule has 0 spiro atoms. The minimum Gasteiger partial charge on any atom is -0.379 e. The molecule has 1 aliphatic heterocycles. The number of benzene rings is 1. The van der Waals surface area contributed by atoms with Crippen molar-refractivity contribution in [1.29, 1.82) is 0 Å². The van der Waals surface area contributed by atoms with Gasteiger partial charge in [0.1, 0.15) is 5.21 Å². The van der Waals surface area contributed by atoms with E-state index in [-0.39, 0.29) is 6.04 Å². The van der Waals surface area contributed by atoms with Crippen molar-refractivity contribution in [2.24, 2.45) is 0 Å². The van der Waals surface area contributed by atoms with E-state index in [2.05, 4.69) is 9.62 Å². The molecule has 2 rings (SSSR count). The van der Waals surface area contributed by atoms with Gasteiger partial charge in [0.15, 0.2) is 0 Å². The van der Waals surface area contributed by atoms with Gasteiger partial charge in [0, 0.05) is 45.5 Å². The molecule has 0 aromatic heterocycles. The predicted molar refractivity (Wildman–Crippen MR) is 93.5 cm³/mol. The topological polar surface area (TPSA) is 61.9 Å². The van der Waals surface area contributed by atoms with Crippen LogP contribution in [0.1, 0.15) is 11.6 Å². The predicted octanol–water partition coefficient (Wildman–Crippen LogP) is 1.24. The molecule has 1 saturated heterocycles. The van der Waals surface area contributed by atoms with Crippen molar-refractivity contribution in [3.05, 3.63) is 29.8 Å². The van der Waals surface area contributed by atoms with Gasteiger partial charge in [0.2, 0.25) is 10.0 Å². The van der Waals surface area contributed by atoms with Crippen molar-refractivity contribution < 1.29 is 13.2 Å². The maximum atomic E-state index is 11.7. The first kappa shape index (κ1) is 18.5. The summed E-state index contributed by atoms with van der Waals surface area (Å²) in [5.74, 6) is 0. The Morgan fingerprint density at radius 3 is 2.39 bits per heavy atom. The van der Waals surface area contributed by atoms with E-state index in [1.54, 1.807) is 0 Å². The number of rotatable bonds is 7. The lowest BCUT2D eigenvalue weighted by Gasteiger charge is -2.35. The summed E-state index contributed by atoms with van der Waals surface area (Å²) in [5.41, 5.74) is 2.19. The van der Waals surface area contributed by atoms with Crippen LogP contribution >= 0.6 is 11.6 Å². The fourth-order valence-corrected chi connectivity index (χ4v) is 3.31. The van der Waals surface area contributed by atoms with E-state index in [0.29, 0.717) is 19.8 Å². The van der Waals surface area contributed by atoms with Gasteiger partial charge in [0.25, 0.3) is 0 Å². The average Bonchev–Trinajstić information content (AvgIpc) is 2.56. The third-order valence-electron chi connectivity index (χ3n) is 3.92. The largest absolute Gasteiger partial charge is 0.379 e. The number of anilines is 1. The summed E-state index contributed by atoms with van der Waals surface area (Å²) < 4.78 is 31.3. The average molecular weight is 362 g/mol. The Hall–Kier alpha value is -0.860. The van der Waals surface area contributed by atoms with Crippen LogP contribution in [0.2, 0.25) is 0 Å². The SMILES string of the molecule is CN(C)c1ccc(C(CNS(=O)(=O)CCl)N2CCOCC2)cc1. The second-order valence-corrected chi connectivity index (χ2v) is 8.11. The Labute approximate surface area is 143 Å². The molecule has 8 heteroatoms. The molecule has 0 aliphatic carbocycles. The van der Waals surface area contributed by atoms with Crippen molar-refractivity contribution >= 4 is 27.3 Å². The molecule has 1 aromatic rings. The maximum absolute atomic E-state index is 11.7. The van der Waals surface area contributed by atoms with Crippen LogP contribution < -0.4 is 9.62 Å². The number of nitrogens with one attached hydrogen (secondary N) is 1. The third-order valence-corrected chi connectivity index (χ3v) is 5.68. The summed E-state index contributed by atoms with van der Waals surface area (Å²) in [6, 6.07) is 8.14. The fourth-order valence-electron chi connectivity index (χ4n) is 2.59. The molecular weight excluding hydrogens is 338 g/mol. The van der Waals surface area contributed by atoms with Crippen molar-refractivity contribution in [2.45, 2.75) is 6.04 Å². The molecule has 0 saturated carbocycles.